The number of halogens is 3. The number of aromatic hydroxyl groups is 1. The van der Waals surface area contributed by atoms with Gasteiger partial charge in [-0.05, 0) is 30.3 Å². The predicted molar refractivity (Wildman–Crippen MR) is 86.9 cm³/mol. The third kappa shape index (κ3) is 3.52. The van der Waals surface area contributed by atoms with Gasteiger partial charge in [-0.2, -0.15) is 0 Å². The van der Waals surface area contributed by atoms with E-state index >= 15 is 0 Å². The van der Waals surface area contributed by atoms with Crippen LogP contribution in [0.15, 0.2) is 35.2 Å². The highest BCUT2D eigenvalue weighted by Gasteiger charge is 2.23. The molecule has 0 atom stereocenters. The van der Waals surface area contributed by atoms with E-state index in [1.165, 1.54) is 25.3 Å². The molecule has 118 valence electrons. The molecule has 0 aliphatic heterocycles. The van der Waals surface area contributed by atoms with Gasteiger partial charge in [-0.25, -0.2) is 8.42 Å². The smallest absolute Gasteiger partial charge is 0.265 e. The van der Waals surface area contributed by atoms with Crippen LogP contribution in [0.1, 0.15) is 0 Å². The summed E-state index contributed by atoms with van der Waals surface area (Å²) in [4.78, 5) is -0.452. The second kappa shape index (κ2) is 6.42. The largest absolute Gasteiger partial charge is 0.505 e. The fraction of sp³-hybridized carbons (Fsp3) is 0.0769. The maximum atomic E-state index is 12.4. The van der Waals surface area contributed by atoms with Crippen molar-refractivity contribution in [2.45, 2.75) is 4.90 Å². The van der Waals surface area contributed by atoms with Crippen LogP contribution in [-0.4, -0.2) is 20.6 Å². The van der Waals surface area contributed by atoms with Crippen LogP contribution in [0.25, 0.3) is 0 Å². The minimum Gasteiger partial charge on any atom is -0.505 e. The topological polar surface area (TPSA) is 75.6 Å². The van der Waals surface area contributed by atoms with Crippen LogP contribution in [0.3, 0.4) is 0 Å². The van der Waals surface area contributed by atoms with Crippen molar-refractivity contribution in [3.8, 4) is 11.5 Å². The molecule has 0 saturated heterocycles. The number of anilines is 1. The number of hydrogen-bond acceptors (Lipinski definition) is 4. The van der Waals surface area contributed by atoms with Crippen LogP contribution in [0, 0.1) is 0 Å². The number of phenols is 1. The Morgan fingerprint density at radius 3 is 2.41 bits per heavy atom. The highest BCUT2D eigenvalue weighted by Crippen LogP contribution is 2.36. The number of hydrogen-bond donors (Lipinski definition) is 2. The Bertz CT molecular complexity index is 824. The lowest BCUT2D eigenvalue weighted by atomic mass is 10.3. The molecular weight excluding hydrogens is 373 g/mol. The van der Waals surface area contributed by atoms with Gasteiger partial charge in [-0.15, -0.1) is 0 Å². The van der Waals surface area contributed by atoms with E-state index in [4.69, 9.17) is 39.5 Å². The van der Waals surface area contributed by atoms with Crippen molar-refractivity contribution in [3.63, 3.8) is 0 Å². The average molecular weight is 383 g/mol. The Kier molecular flexibility index (Phi) is 4.97. The Morgan fingerprint density at radius 1 is 1.09 bits per heavy atom. The van der Waals surface area contributed by atoms with Gasteiger partial charge in [0.15, 0.2) is 5.75 Å². The molecule has 0 aliphatic carbocycles. The van der Waals surface area contributed by atoms with E-state index in [2.05, 4.69) is 4.72 Å². The molecule has 2 aromatic carbocycles. The summed E-state index contributed by atoms with van der Waals surface area (Å²) in [5, 5.41) is 10.1. The van der Waals surface area contributed by atoms with E-state index in [-0.39, 0.29) is 21.5 Å². The zero-order valence-corrected chi connectivity index (χ0v) is 14.2. The van der Waals surface area contributed by atoms with E-state index in [1.807, 2.05) is 0 Å². The van der Waals surface area contributed by atoms with E-state index in [0.29, 0.717) is 5.02 Å². The number of phenolic OH excluding ortho intramolecular Hbond substituents is 1. The van der Waals surface area contributed by atoms with E-state index in [1.54, 1.807) is 6.07 Å². The van der Waals surface area contributed by atoms with Gasteiger partial charge in [0.25, 0.3) is 10.0 Å². The minimum absolute atomic E-state index is 0.0706. The van der Waals surface area contributed by atoms with Gasteiger partial charge in [-0.1, -0.05) is 34.8 Å². The van der Waals surface area contributed by atoms with Crippen molar-refractivity contribution in [2.75, 3.05) is 11.8 Å². The van der Waals surface area contributed by atoms with Crippen molar-refractivity contribution < 1.29 is 18.3 Å². The average Bonchev–Trinajstić information content (AvgIpc) is 2.42. The third-order valence-electron chi connectivity index (χ3n) is 2.69. The van der Waals surface area contributed by atoms with E-state index in [0.717, 1.165) is 6.07 Å². The quantitative estimate of drug-likeness (QED) is 0.832. The predicted octanol–water partition coefficient (Wildman–Crippen LogP) is 4.16. The third-order valence-corrected chi connectivity index (χ3v) is 4.81. The number of nitrogens with one attached hydrogen (secondary N) is 1. The Hall–Kier alpha value is -1.34. The second-order valence-electron chi connectivity index (χ2n) is 4.18. The van der Waals surface area contributed by atoms with Gasteiger partial charge in [0.1, 0.15) is 10.6 Å². The molecule has 2 aromatic rings. The van der Waals surface area contributed by atoms with Crippen LogP contribution in [0.5, 0.6) is 11.5 Å². The zero-order chi connectivity index (χ0) is 16.5. The standard InChI is InChI=1S/C13H10Cl3NO4S/c1-21-11-3-2-7(14)5-10(11)17-22(19,20)12-6-8(15)4-9(16)13(12)18/h2-6,17-18H,1H3. The van der Waals surface area contributed by atoms with Crippen molar-refractivity contribution in [1.82, 2.24) is 0 Å². The summed E-state index contributed by atoms with van der Waals surface area (Å²) in [6.45, 7) is 0. The summed E-state index contributed by atoms with van der Waals surface area (Å²) in [7, 11) is -2.76. The molecule has 22 heavy (non-hydrogen) atoms. The minimum atomic E-state index is -4.15. The number of ether oxygens (including phenoxy) is 1. The van der Waals surface area contributed by atoms with Crippen LogP contribution in [0.4, 0.5) is 5.69 Å². The normalized spacial score (nSPS) is 11.3. The molecule has 0 unspecified atom stereocenters. The molecule has 0 aliphatic rings. The molecule has 0 saturated carbocycles. The van der Waals surface area contributed by atoms with Gasteiger partial charge in [-0.3, -0.25) is 4.72 Å². The molecule has 0 bridgehead atoms. The summed E-state index contributed by atoms with van der Waals surface area (Å²) in [5.41, 5.74) is 0.116. The SMILES string of the molecule is COc1ccc(Cl)cc1NS(=O)(=O)c1cc(Cl)cc(Cl)c1O. The monoisotopic (exact) mass is 381 g/mol. The molecule has 0 spiro atoms. The van der Waals surface area contributed by atoms with Crippen LogP contribution in [-0.2, 0) is 10.0 Å². The molecule has 0 fully saturated rings. The van der Waals surface area contributed by atoms with Crippen molar-refractivity contribution in [3.05, 3.63) is 45.4 Å². The first-order chi connectivity index (χ1) is 10.2. The van der Waals surface area contributed by atoms with Crippen LogP contribution >= 0.6 is 34.8 Å². The van der Waals surface area contributed by atoms with E-state index in [9.17, 15) is 13.5 Å². The van der Waals surface area contributed by atoms with Gasteiger partial charge < -0.3 is 9.84 Å². The maximum Gasteiger partial charge on any atom is 0.265 e. The lowest BCUT2D eigenvalue weighted by Gasteiger charge is -2.13. The fourth-order valence-corrected chi connectivity index (χ4v) is 3.70. The van der Waals surface area contributed by atoms with Crippen molar-refractivity contribution >= 4 is 50.5 Å². The van der Waals surface area contributed by atoms with Gasteiger partial charge in [0.2, 0.25) is 0 Å². The summed E-state index contributed by atoms with van der Waals surface area (Å²) in [6.07, 6.45) is 0. The molecule has 0 heterocycles. The lowest BCUT2D eigenvalue weighted by Crippen LogP contribution is -2.14. The first kappa shape index (κ1) is 17.0. The molecule has 9 heteroatoms. The number of benzene rings is 2. The van der Waals surface area contributed by atoms with Crippen molar-refractivity contribution in [1.29, 1.82) is 0 Å². The molecule has 2 rings (SSSR count). The molecule has 5 nitrogen and oxygen atoms in total. The molecule has 2 N–H and O–H groups in total. The van der Waals surface area contributed by atoms with Gasteiger partial charge in [0, 0.05) is 10.0 Å². The van der Waals surface area contributed by atoms with Crippen LogP contribution in [0.2, 0.25) is 15.1 Å². The first-order valence-corrected chi connectivity index (χ1v) is 8.40. The highest BCUT2D eigenvalue weighted by molar-refractivity contribution is 7.92. The van der Waals surface area contributed by atoms with Crippen LogP contribution < -0.4 is 9.46 Å². The summed E-state index contributed by atoms with van der Waals surface area (Å²) in [6, 6.07) is 6.75. The first-order valence-electron chi connectivity index (χ1n) is 5.79. The number of sulfonamides is 1. The lowest BCUT2D eigenvalue weighted by molar-refractivity contribution is 0.417. The fourth-order valence-electron chi connectivity index (χ4n) is 1.71. The van der Waals surface area contributed by atoms with Gasteiger partial charge >= 0.3 is 0 Å². The summed E-state index contributed by atoms with van der Waals surface area (Å²) < 4.78 is 32.2. The maximum absolute atomic E-state index is 12.4. The second-order valence-corrected chi connectivity index (χ2v) is 7.12. The summed E-state index contributed by atoms with van der Waals surface area (Å²) >= 11 is 17.4. The summed E-state index contributed by atoms with van der Waals surface area (Å²) in [5.74, 6) is -0.333. The van der Waals surface area contributed by atoms with Gasteiger partial charge in [0.05, 0.1) is 17.8 Å². The van der Waals surface area contributed by atoms with Crippen molar-refractivity contribution in [2.24, 2.45) is 0 Å². The molecular formula is C13H10Cl3NO4S. The molecule has 0 amide bonds. The highest BCUT2D eigenvalue weighted by atomic mass is 35.5. The number of rotatable bonds is 4. The van der Waals surface area contributed by atoms with E-state index < -0.39 is 20.7 Å². The molecule has 0 aromatic heterocycles. The zero-order valence-electron chi connectivity index (χ0n) is 11.1. The Morgan fingerprint density at radius 2 is 1.77 bits per heavy atom. The number of methoxy groups -OCH3 is 1. The molecule has 0 radical (unpaired) electrons. The Labute approximate surface area is 142 Å². The Balaban J connectivity index is 2.51.